The number of ketones is 1. The number of halogens is 3. The molecule has 1 saturated carbocycles. The van der Waals surface area contributed by atoms with Crippen LogP contribution in [0.4, 0.5) is 8.78 Å². The minimum atomic E-state index is -1.05. The zero-order valence-electron chi connectivity index (χ0n) is 16.4. The molecule has 2 N–H and O–H groups in total. The van der Waals surface area contributed by atoms with E-state index in [1.165, 1.54) is 30.1 Å². The summed E-state index contributed by atoms with van der Waals surface area (Å²) < 4.78 is 34.5. The van der Waals surface area contributed by atoms with E-state index in [9.17, 15) is 13.6 Å². The second-order valence-corrected chi connectivity index (χ2v) is 9.73. The number of aliphatic imine (C=N–C) groups is 1. The van der Waals surface area contributed by atoms with Crippen molar-refractivity contribution in [1.29, 1.82) is 0 Å². The first kappa shape index (κ1) is 21.2. The number of methoxy groups -OCH3 is 1. The fourth-order valence-corrected chi connectivity index (χ4v) is 5.82. The minimum Gasteiger partial charge on any atom is -0.383 e. The standard InChI is InChI=1S/C21H20ClF2N3O2S/c1-20(17-8-21(17,10-29-2)30-19(25)27-20)13-5-11(6-14(23)18(13)24)7-16(28)15-4-3-12(22)9-26-15/h3-6,9,17H,7-8,10H2,1-2H3,(H2,25,27)/t17-,20+,21+/m0/s1. The average Bonchev–Trinajstić information content (AvgIpc) is 3.40. The number of benzene rings is 1. The molecule has 9 heteroatoms. The fourth-order valence-electron chi connectivity index (χ4n) is 4.26. The summed E-state index contributed by atoms with van der Waals surface area (Å²) in [7, 11) is 1.60. The minimum absolute atomic E-state index is 0.0555. The van der Waals surface area contributed by atoms with Crippen LogP contribution < -0.4 is 5.73 Å². The van der Waals surface area contributed by atoms with Crippen LogP contribution in [0.15, 0.2) is 35.5 Å². The van der Waals surface area contributed by atoms with Gasteiger partial charge in [0.2, 0.25) is 0 Å². The molecule has 1 fully saturated rings. The summed E-state index contributed by atoms with van der Waals surface area (Å²) in [4.78, 5) is 21.1. The highest BCUT2D eigenvalue weighted by molar-refractivity contribution is 8.15. The number of hydrogen-bond acceptors (Lipinski definition) is 6. The van der Waals surface area contributed by atoms with Gasteiger partial charge >= 0.3 is 0 Å². The average molecular weight is 452 g/mol. The highest BCUT2D eigenvalue weighted by atomic mass is 35.5. The first-order valence-corrected chi connectivity index (χ1v) is 10.5. The summed E-state index contributed by atoms with van der Waals surface area (Å²) in [6, 6.07) is 5.60. The number of ether oxygens (including phenoxy) is 1. The molecule has 1 aromatic carbocycles. The predicted molar refractivity (Wildman–Crippen MR) is 113 cm³/mol. The summed E-state index contributed by atoms with van der Waals surface area (Å²) in [5, 5.41) is 0.721. The number of pyridine rings is 1. The lowest BCUT2D eigenvalue weighted by Gasteiger charge is -2.34. The molecule has 5 nitrogen and oxygen atoms in total. The van der Waals surface area contributed by atoms with Crippen molar-refractivity contribution in [3.63, 3.8) is 0 Å². The molecule has 0 unspecified atom stereocenters. The number of carbonyl (C=O) groups excluding carboxylic acids is 1. The number of amidine groups is 1. The van der Waals surface area contributed by atoms with E-state index in [0.29, 0.717) is 22.4 Å². The number of rotatable bonds is 6. The molecule has 0 saturated heterocycles. The molecule has 0 radical (unpaired) electrons. The molecule has 4 rings (SSSR count). The summed E-state index contributed by atoms with van der Waals surface area (Å²) in [5.74, 6) is -2.37. The molecule has 30 heavy (non-hydrogen) atoms. The Morgan fingerprint density at radius 3 is 2.83 bits per heavy atom. The Hall–Kier alpha value is -2.03. The summed E-state index contributed by atoms with van der Waals surface area (Å²) in [6.07, 6.45) is 1.97. The van der Waals surface area contributed by atoms with E-state index in [-0.39, 0.29) is 34.1 Å². The number of Topliss-reactive ketones (excluding diaryl/α,β-unsaturated/α-hetero) is 1. The fraction of sp³-hybridized carbons (Fsp3) is 0.381. The normalized spacial score (nSPS) is 27.4. The molecule has 1 aliphatic carbocycles. The van der Waals surface area contributed by atoms with E-state index in [0.717, 1.165) is 12.5 Å². The number of hydrogen-bond donors (Lipinski definition) is 1. The Morgan fingerprint density at radius 1 is 1.40 bits per heavy atom. The van der Waals surface area contributed by atoms with E-state index < -0.39 is 17.2 Å². The second kappa shape index (κ2) is 7.59. The maximum atomic E-state index is 14.9. The Balaban J connectivity index is 1.69. The van der Waals surface area contributed by atoms with Crippen molar-refractivity contribution in [1.82, 2.24) is 4.98 Å². The van der Waals surface area contributed by atoms with Crippen LogP contribution in [0.5, 0.6) is 0 Å². The Kier molecular flexibility index (Phi) is 5.36. The van der Waals surface area contributed by atoms with Crippen LogP contribution in [0.1, 0.15) is 35.0 Å². The summed E-state index contributed by atoms with van der Waals surface area (Å²) >= 11 is 7.22. The Labute approximate surface area is 182 Å². The highest BCUT2D eigenvalue weighted by Gasteiger charge is 2.66. The Morgan fingerprint density at radius 2 is 2.17 bits per heavy atom. The molecule has 0 amide bonds. The van der Waals surface area contributed by atoms with Gasteiger partial charge in [0, 0.05) is 31.2 Å². The van der Waals surface area contributed by atoms with Gasteiger partial charge in [0.15, 0.2) is 22.6 Å². The van der Waals surface area contributed by atoms with Crippen LogP contribution in [-0.4, -0.2) is 34.4 Å². The van der Waals surface area contributed by atoms with Gasteiger partial charge in [-0.05, 0) is 43.2 Å². The number of fused-ring (bicyclic) bond motifs is 1. The van der Waals surface area contributed by atoms with Gasteiger partial charge in [-0.1, -0.05) is 23.4 Å². The van der Waals surface area contributed by atoms with E-state index in [1.54, 1.807) is 20.1 Å². The van der Waals surface area contributed by atoms with Crippen molar-refractivity contribution in [2.45, 2.75) is 30.1 Å². The molecular formula is C21H20ClF2N3O2S. The molecular weight excluding hydrogens is 432 g/mol. The van der Waals surface area contributed by atoms with Crippen molar-refractivity contribution >= 4 is 34.3 Å². The molecule has 0 bridgehead atoms. The molecule has 158 valence electrons. The van der Waals surface area contributed by atoms with Crippen LogP contribution in [0, 0.1) is 17.6 Å². The monoisotopic (exact) mass is 451 g/mol. The number of nitrogens with zero attached hydrogens (tertiary/aromatic N) is 2. The van der Waals surface area contributed by atoms with Gasteiger partial charge in [0.1, 0.15) is 5.69 Å². The third-order valence-corrected chi connectivity index (χ3v) is 7.25. The molecule has 2 aromatic rings. The molecule has 3 atom stereocenters. The van der Waals surface area contributed by atoms with Crippen molar-refractivity contribution in [3.8, 4) is 0 Å². The lowest BCUT2D eigenvalue weighted by molar-refractivity contribution is 0.0988. The van der Waals surface area contributed by atoms with Crippen molar-refractivity contribution in [2.24, 2.45) is 16.6 Å². The van der Waals surface area contributed by atoms with Gasteiger partial charge < -0.3 is 10.5 Å². The number of nitrogens with two attached hydrogens (primary N) is 1. The van der Waals surface area contributed by atoms with E-state index in [4.69, 9.17) is 22.1 Å². The summed E-state index contributed by atoms with van der Waals surface area (Å²) in [5.41, 5.74) is 5.64. The molecule has 0 spiro atoms. The van der Waals surface area contributed by atoms with Crippen molar-refractivity contribution in [2.75, 3.05) is 13.7 Å². The van der Waals surface area contributed by atoms with Gasteiger partial charge in [0.05, 0.1) is 21.9 Å². The van der Waals surface area contributed by atoms with Crippen LogP contribution >= 0.6 is 23.4 Å². The lowest BCUT2D eigenvalue weighted by atomic mass is 9.84. The smallest absolute Gasteiger partial charge is 0.185 e. The summed E-state index contributed by atoms with van der Waals surface area (Å²) in [6.45, 7) is 2.20. The second-order valence-electron chi connectivity index (χ2n) is 7.85. The largest absolute Gasteiger partial charge is 0.383 e. The maximum Gasteiger partial charge on any atom is 0.185 e. The predicted octanol–water partition coefficient (Wildman–Crippen LogP) is 4.12. The quantitative estimate of drug-likeness (QED) is 0.668. The third kappa shape index (κ3) is 3.61. The topological polar surface area (TPSA) is 77.6 Å². The molecule has 1 aliphatic heterocycles. The van der Waals surface area contributed by atoms with Gasteiger partial charge in [-0.15, -0.1) is 0 Å². The van der Waals surface area contributed by atoms with E-state index in [1.807, 2.05) is 0 Å². The van der Waals surface area contributed by atoms with Crippen molar-refractivity contribution < 1.29 is 18.3 Å². The van der Waals surface area contributed by atoms with Crippen molar-refractivity contribution in [3.05, 3.63) is 63.9 Å². The molecule has 2 heterocycles. The number of carbonyl (C=O) groups is 1. The Bertz CT molecular complexity index is 1050. The molecule has 2 aliphatic rings. The zero-order chi connectivity index (χ0) is 21.7. The first-order chi connectivity index (χ1) is 14.2. The van der Waals surface area contributed by atoms with Crippen LogP contribution in [0.3, 0.4) is 0 Å². The highest BCUT2D eigenvalue weighted by Crippen LogP contribution is 2.66. The third-order valence-electron chi connectivity index (χ3n) is 5.75. The van der Waals surface area contributed by atoms with Crippen LogP contribution in [0.25, 0.3) is 0 Å². The van der Waals surface area contributed by atoms with Crippen LogP contribution in [-0.2, 0) is 16.7 Å². The van der Waals surface area contributed by atoms with Gasteiger partial charge in [0.25, 0.3) is 0 Å². The maximum absolute atomic E-state index is 14.9. The van der Waals surface area contributed by atoms with Gasteiger partial charge in [-0.2, -0.15) is 0 Å². The first-order valence-electron chi connectivity index (χ1n) is 9.35. The van der Waals surface area contributed by atoms with E-state index >= 15 is 0 Å². The SMILES string of the molecule is COC[C@]12C[C@H]1[C@@](C)(c1cc(CC(=O)c3ccc(Cl)cn3)cc(F)c1F)N=C(N)S2. The van der Waals surface area contributed by atoms with Gasteiger partial charge in [-0.25, -0.2) is 8.78 Å². The van der Waals surface area contributed by atoms with Gasteiger partial charge in [-0.3, -0.25) is 14.8 Å². The molecule has 1 aromatic heterocycles. The number of thioether (sulfide) groups is 1. The van der Waals surface area contributed by atoms with E-state index in [2.05, 4.69) is 9.98 Å². The number of aromatic nitrogens is 1. The van der Waals surface area contributed by atoms with Crippen LogP contribution in [0.2, 0.25) is 5.02 Å². The zero-order valence-corrected chi connectivity index (χ0v) is 18.0. The lowest BCUT2D eigenvalue weighted by Crippen LogP contribution is -2.38.